The van der Waals surface area contributed by atoms with Gasteiger partial charge in [0.15, 0.2) is 0 Å². The summed E-state index contributed by atoms with van der Waals surface area (Å²) in [6, 6.07) is 8.83. The number of aliphatic imine (C=N–C) groups is 1. The third-order valence-corrected chi connectivity index (χ3v) is 2.98. The van der Waals surface area contributed by atoms with Crippen LogP contribution in [0.15, 0.2) is 35.3 Å². The molecule has 1 aromatic rings. The van der Waals surface area contributed by atoms with Crippen LogP contribution in [0.25, 0.3) is 5.57 Å². The Kier molecular flexibility index (Phi) is 5.68. The molecule has 0 amide bonds. The van der Waals surface area contributed by atoms with Crippen molar-refractivity contribution in [3.05, 3.63) is 41.5 Å². The van der Waals surface area contributed by atoms with E-state index in [1.165, 1.54) is 36.0 Å². The third-order valence-electron chi connectivity index (χ3n) is 2.98. The smallest absolute Gasteiger partial charge is 0.0316 e. The molecular weight excluding hydrogens is 206 g/mol. The van der Waals surface area contributed by atoms with E-state index in [1.807, 2.05) is 14.0 Å². The molecule has 92 valence electrons. The summed E-state index contributed by atoms with van der Waals surface area (Å²) in [5, 5.41) is 0. The summed E-state index contributed by atoms with van der Waals surface area (Å²) < 4.78 is 0. The maximum atomic E-state index is 4.17. The second kappa shape index (κ2) is 7.05. The van der Waals surface area contributed by atoms with Crippen molar-refractivity contribution in [3.8, 4) is 0 Å². The van der Waals surface area contributed by atoms with Gasteiger partial charge in [0.1, 0.15) is 0 Å². The molecular formula is C16H23N. The fourth-order valence-corrected chi connectivity index (χ4v) is 1.81. The number of rotatable bonds is 5. The van der Waals surface area contributed by atoms with Crippen LogP contribution in [-0.4, -0.2) is 12.8 Å². The number of unbranched alkanes of at least 4 members (excludes halogenated alkanes) is 1. The van der Waals surface area contributed by atoms with Gasteiger partial charge in [-0.1, -0.05) is 37.6 Å². The molecule has 0 aliphatic carbocycles. The average molecular weight is 229 g/mol. The first kappa shape index (κ1) is 13.7. The molecule has 1 aromatic carbocycles. The average Bonchev–Trinajstić information content (AvgIpc) is 2.36. The Morgan fingerprint density at radius 2 is 2.06 bits per heavy atom. The highest BCUT2D eigenvalue weighted by Crippen LogP contribution is 2.16. The van der Waals surface area contributed by atoms with Crippen LogP contribution >= 0.6 is 0 Å². The van der Waals surface area contributed by atoms with Gasteiger partial charge in [0.2, 0.25) is 0 Å². The molecule has 0 heterocycles. The largest absolute Gasteiger partial charge is 0.293 e. The van der Waals surface area contributed by atoms with Crippen LogP contribution in [0.3, 0.4) is 0 Å². The van der Waals surface area contributed by atoms with Crippen LogP contribution in [0.4, 0.5) is 0 Å². The Morgan fingerprint density at radius 1 is 1.29 bits per heavy atom. The molecule has 1 heteroatoms. The molecule has 17 heavy (non-hydrogen) atoms. The van der Waals surface area contributed by atoms with E-state index in [1.54, 1.807) is 0 Å². The second-order valence-electron chi connectivity index (χ2n) is 4.50. The van der Waals surface area contributed by atoms with E-state index in [0.717, 1.165) is 5.71 Å². The van der Waals surface area contributed by atoms with E-state index in [9.17, 15) is 0 Å². The SMILES string of the molecule is CCCCc1cccc(/C(C)=C/C(C)=NC)c1. The predicted molar refractivity (Wildman–Crippen MR) is 77.7 cm³/mol. The lowest BCUT2D eigenvalue weighted by atomic mass is 10.0. The van der Waals surface area contributed by atoms with Gasteiger partial charge in [-0.3, -0.25) is 4.99 Å². The van der Waals surface area contributed by atoms with E-state index in [4.69, 9.17) is 0 Å². The number of aryl methyl sites for hydroxylation is 1. The molecule has 1 nitrogen and oxygen atoms in total. The molecule has 0 bridgehead atoms. The first-order chi connectivity index (χ1) is 8.17. The highest BCUT2D eigenvalue weighted by atomic mass is 14.7. The Bertz CT molecular complexity index is 413. The lowest BCUT2D eigenvalue weighted by molar-refractivity contribution is 0.795. The standard InChI is InChI=1S/C16H23N/c1-5-6-8-15-9-7-10-16(12-15)13(2)11-14(3)17-4/h7,9-12H,5-6,8H2,1-4H3/b13-11+,17-14?. The molecule has 0 radical (unpaired) electrons. The minimum atomic E-state index is 1.07. The Balaban J connectivity index is 2.87. The van der Waals surface area contributed by atoms with Gasteiger partial charge in [-0.05, 0) is 49.5 Å². The van der Waals surface area contributed by atoms with Crippen molar-refractivity contribution in [2.24, 2.45) is 4.99 Å². The van der Waals surface area contributed by atoms with E-state index in [2.05, 4.69) is 49.2 Å². The fourth-order valence-electron chi connectivity index (χ4n) is 1.81. The van der Waals surface area contributed by atoms with Crippen LogP contribution in [0.2, 0.25) is 0 Å². The highest BCUT2D eigenvalue weighted by Gasteiger charge is 1.98. The van der Waals surface area contributed by atoms with E-state index < -0.39 is 0 Å². The maximum absolute atomic E-state index is 4.17. The first-order valence-electron chi connectivity index (χ1n) is 6.38. The molecule has 1 rings (SSSR count). The summed E-state index contributed by atoms with van der Waals surface area (Å²) in [7, 11) is 1.83. The summed E-state index contributed by atoms with van der Waals surface area (Å²) in [6.45, 7) is 6.41. The van der Waals surface area contributed by atoms with E-state index >= 15 is 0 Å². The molecule has 0 aromatic heterocycles. The van der Waals surface area contributed by atoms with Gasteiger partial charge in [0, 0.05) is 12.8 Å². The van der Waals surface area contributed by atoms with Gasteiger partial charge >= 0.3 is 0 Å². The monoisotopic (exact) mass is 229 g/mol. The van der Waals surface area contributed by atoms with Gasteiger partial charge in [0.05, 0.1) is 0 Å². The maximum Gasteiger partial charge on any atom is 0.0316 e. The number of hydrogen-bond acceptors (Lipinski definition) is 1. The molecule has 0 spiro atoms. The van der Waals surface area contributed by atoms with Gasteiger partial charge < -0.3 is 0 Å². The van der Waals surface area contributed by atoms with Crippen molar-refractivity contribution in [2.45, 2.75) is 40.0 Å². The first-order valence-corrected chi connectivity index (χ1v) is 6.38. The van der Waals surface area contributed by atoms with Crippen molar-refractivity contribution in [1.29, 1.82) is 0 Å². The summed E-state index contributed by atoms with van der Waals surface area (Å²) in [6.07, 6.45) is 5.83. The molecule has 0 fully saturated rings. The molecule has 0 saturated carbocycles. The number of benzene rings is 1. The second-order valence-corrected chi connectivity index (χ2v) is 4.50. The van der Waals surface area contributed by atoms with Crippen molar-refractivity contribution >= 4 is 11.3 Å². The van der Waals surface area contributed by atoms with Crippen LogP contribution in [-0.2, 0) is 6.42 Å². The molecule has 0 unspecified atom stereocenters. The summed E-state index contributed by atoms with van der Waals surface area (Å²) in [5.74, 6) is 0. The zero-order valence-electron chi connectivity index (χ0n) is 11.5. The summed E-state index contributed by atoms with van der Waals surface area (Å²) in [5.41, 5.74) is 5.10. The normalized spacial score (nSPS) is 12.9. The summed E-state index contributed by atoms with van der Waals surface area (Å²) >= 11 is 0. The van der Waals surface area contributed by atoms with Gasteiger partial charge in [0.25, 0.3) is 0 Å². The quantitative estimate of drug-likeness (QED) is 0.658. The topological polar surface area (TPSA) is 12.4 Å². The lowest BCUT2D eigenvalue weighted by Crippen LogP contribution is -1.90. The van der Waals surface area contributed by atoms with Gasteiger partial charge in [-0.2, -0.15) is 0 Å². The van der Waals surface area contributed by atoms with Gasteiger partial charge in [-0.25, -0.2) is 0 Å². The number of allylic oxidation sites excluding steroid dienone is 2. The minimum Gasteiger partial charge on any atom is -0.293 e. The zero-order chi connectivity index (χ0) is 12.7. The van der Waals surface area contributed by atoms with E-state index in [-0.39, 0.29) is 0 Å². The Labute approximate surface area is 105 Å². The van der Waals surface area contributed by atoms with Crippen molar-refractivity contribution in [2.75, 3.05) is 7.05 Å². The van der Waals surface area contributed by atoms with Crippen molar-refractivity contribution < 1.29 is 0 Å². The Hall–Kier alpha value is -1.37. The zero-order valence-corrected chi connectivity index (χ0v) is 11.5. The highest BCUT2D eigenvalue weighted by molar-refractivity contribution is 5.98. The molecule has 0 aliphatic rings. The van der Waals surface area contributed by atoms with Crippen LogP contribution in [0.5, 0.6) is 0 Å². The third kappa shape index (κ3) is 4.56. The Morgan fingerprint density at radius 3 is 2.71 bits per heavy atom. The molecule has 0 saturated heterocycles. The molecule has 0 N–H and O–H groups in total. The van der Waals surface area contributed by atoms with Crippen LogP contribution < -0.4 is 0 Å². The van der Waals surface area contributed by atoms with Crippen molar-refractivity contribution in [3.63, 3.8) is 0 Å². The summed E-state index contributed by atoms with van der Waals surface area (Å²) in [4.78, 5) is 4.17. The molecule has 0 aliphatic heterocycles. The van der Waals surface area contributed by atoms with E-state index in [0.29, 0.717) is 0 Å². The predicted octanol–water partition coefficient (Wildman–Crippen LogP) is 4.52. The van der Waals surface area contributed by atoms with Crippen LogP contribution in [0, 0.1) is 0 Å². The number of nitrogens with zero attached hydrogens (tertiary/aromatic N) is 1. The fraction of sp³-hybridized carbons (Fsp3) is 0.438. The van der Waals surface area contributed by atoms with Crippen LogP contribution in [0.1, 0.15) is 44.7 Å². The number of hydrogen-bond donors (Lipinski definition) is 0. The molecule has 0 atom stereocenters. The van der Waals surface area contributed by atoms with Crippen molar-refractivity contribution in [1.82, 2.24) is 0 Å². The lowest BCUT2D eigenvalue weighted by Gasteiger charge is -2.05. The van der Waals surface area contributed by atoms with Gasteiger partial charge in [-0.15, -0.1) is 0 Å². The minimum absolute atomic E-state index is 1.07.